The lowest BCUT2D eigenvalue weighted by atomic mass is 9.89. The Morgan fingerprint density at radius 3 is 2.95 bits per heavy atom. The number of Topliss-reactive ketones (excluding diaryl/α,β-unsaturated/α-hetero) is 1. The van der Waals surface area contributed by atoms with Gasteiger partial charge in [0, 0.05) is 50.3 Å². The van der Waals surface area contributed by atoms with E-state index < -0.39 is 0 Å². The predicted molar refractivity (Wildman–Crippen MR) is 75.1 cm³/mol. The number of rotatable bonds is 4. The third-order valence-corrected chi connectivity index (χ3v) is 4.33. The first-order valence-corrected chi connectivity index (χ1v) is 7.42. The van der Waals surface area contributed by atoms with Crippen LogP contribution in [0.5, 0.6) is 0 Å². The maximum absolute atomic E-state index is 12.2. The standard InChI is InChI=1S/C15H23N3O2/c1-10(2)15(19)13-4-12-8-18(9-14(13)20-12)7-11-5-16-17(3)6-11/h5-6,10,12-14H,4,7-9H2,1-3H3. The van der Waals surface area contributed by atoms with Gasteiger partial charge in [0.25, 0.3) is 0 Å². The van der Waals surface area contributed by atoms with Gasteiger partial charge in [0.05, 0.1) is 18.4 Å². The molecule has 3 heterocycles. The second kappa shape index (κ2) is 5.30. The van der Waals surface area contributed by atoms with Gasteiger partial charge in [0.2, 0.25) is 0 Å². The lowest BCUT2D eigenvalue weighted by Crippen LogP contribution is -2.44. The van der Waals surface area contributed by atoms with Gasteiger partial charge >= 0.3 is 0 Å². The Balaban J connectivity index is 1.64. The molecule has 3 unspecified atom stereocenters. The number of morpholine rings is 1. The second-order valence-corrected chi connectivity index (χ2v) is 6.41. The fourth-order valence-corrected chi connectivity index (χ4v) is 3.41. The van der Waals surface area contributed by atoms with Crippen molar-refractivity contribution in [1.29, 1.82) is 0 Å². The maximum atomic E-state index is 12.2. The van der Waals surface area contributed by atoms with Crippen molar-refractivity contribution in [3.8, 4) is 0 Å². The summed E-state index contributed by atoms with van der Waals surface area (Å²) in [4.78, 5) is 14.6. The molecule has 2 aliphatic rings. The maximum Gasteiger partial charge on any atom is 0.141 e. The number of ether oxygens (including phenoxy) is 1. The molecule has 3 atom stereocenters. The second-order valence-electron chi connectivity index (χ2n) is 6.41. The smallest absolute Gasteiger partial charge is 0.141 e. The normalized spacial score (nSPS) is 30.1. The first-order chi connectivity index (χ1) is 9.52. The van der Waals surface area contributed by atoms with Crippen molar-refractivity contribution in [1.82, 2.24) is 14.7 Å². The minimum absolute atomic E-state index is 0.0836. The third-order valence-electron chi connectivity index (χ3n) is 4.33. The van der Waals surface area contributed by atoms with Gasteiger partial charge < -0.3 is 4.74 Å². The van der Waals surface area contributed by atoms with Gasteiger partial charge in [0.1, 0.15) is 5.78 Å². The highest BCUT2D eigenvalue weighted by atomic mass is 16.5. The first kappa shape index (κ1) is 13.8. The number of aromatic nitrogens is 2. The number of hydrogen-bond donors (Lipinski definition) is 0. The summed E-state index contributed by atoms with van der Waals surface area (Å²) in [5.41, 5.74) is 1.22. The molecular formula is C15H23N3O2. The Morgan fingerprint density at radius 2 is 2.30 bits per heavy atom. The largest absolute Gasteiger partial charge is 0.372 e. The Hall–Kier alpha value is -1.20. The van der Waals surface area contributed by atoms with Crippen LogP contribution in [0.1, 0.15) is 25.8 Å². The van der Waals surface area contributed by atoms with Crippen LogP contribution < -0.4 is 0 Å². The van der Waals surface area contributed by atoms with E-state index in [1.54, 1.807) is 0 Å². The van der Waals surface area contributed by atoms with Gasteiger partial charge in [-0.3, -0.25) is 14.4 Å². The van der Waals surface area contributed by atoms with Crippen LogP contribution >= 0.6 is 0 Å². The minimum Gasteiger partial charge on any atom is -0.372 e. The van der Waals surface area contributed by atoms with Crippen molar-refractivity contribution in [2.24, 2.45) is 18.9 Å². The number of likely N-dealkylation sites (tertiary alicyclic amines) is 1. The quantitative estimate of drug-likeness (QED) is 0.830. The molecule has 0 aromatic carbocycles. The van der Waals surface area contributed by atoms with Crippen LogP contribution in [0, 0.1) is 11.8 Å². The van der Waals surface area contributed by atoms with E-state index >= 15 is 0 Å². The van der Waals surface area contributed by atoms with E-state index in [-0.39, 0.29) is 24.0 Å². The molecule has 20 heavy (non-hydrogen) atoms. The van der Waals surface area contributed by atoms with E-state index in [9.17, 15) is 4.79 Å². The molecule has 0 aliphatic carbocycles. The molecule has 1 aromatic heterocycles. The van der Waals surface area contributed by atoms with Gasteiger partial charge in [0.15, 0.2) is 0 Å². The molecule has 0 spiro atoms. The summed E-state index contributed by atoms with van der Waals surface area (Å²) in [6.07, 6.45) is 5.16. The van der Waals surface area contributed by atoms with Crippen molar-refractivity contribution in [2.75, 3.05) is 13.1 Å². The van der Waals surface area contributed by atoms with E-state index in [0.717, 1.165) is 26.1 Å². The average molecular weight is 277 g/mol. The van der Waals surface area contributed by atoms with Crippen molar-refractivity contribution in [3.63, 3.8) is 0 Å². The van der Waals surface area contributed by atoms with Gasteiger partial charge in [-0.2, -0.15) is 5.10 Å². The summed E-state index contributed by atoms with van der Waals surface area (Å²) in [5, 5.41) is 4.21. The number of fused-ring (bicyclic) bond motifs is 2. The topological polar surface area (TPSA) is 47.4 Å². The van der Waals surface area contributed by atoms with Gasteiger partial charge in [-0.05, 0) is 6.42 Å². The first-order valence-electron chi connectivity index (χ1n) is 7.42. The molecule has 2 aliphatic heterocycles. The molecule has 5 nitrogen and oxygen atoms in total. The van der Waals surface area contributed by atoms with E-state index in [2.05, 4.69) is 10.00 Å². The van der Waals surface area contributed by atoms with Crippen LogP contribution in [0.3, 0.4) is 0 Å². The van der Waals surface area contributed by atoms with Crippen LogP contribution in [0.2, 0.25) is 0 Å². The Morgan fingerprint density at radius 1 is 1.50 bits per heavy atom. The zero-order valence-corrected chi connectivity index (χ0v) is 12.5. The summed E-state index contributed by atoms with van der Waals surface area (Å²) in [5.74, 6) is 0.564. The molecular weight excluding hydrogens is 254 g/mol. The lowest BCUT2D eigenvalue weighted by Gasteiger charge is -2.32. The summed E-state index contributed by atoms with van der Waals surface area (Å²) in [7, 11) is 1.93. The molecule has 0 radical (unpaired) electrons. The summed E-state index contributed by atoms with van der Waals surface area (Å²) in [6.45, 7) is 6.64. The van der Waals surface area contributed by atoms with E-state index in [0.29, 0.717) is 5.78 Å². The van der Waals surface area contributed by atoms with Crippen molar-refractivity contribution < 1.29 is 9.53 Å². The SMILES string of the molecule is CC(C)C(=O)C1CC2CN(Cc3cnn(C)c3)CC1O2. The molecule has 0 saturated carbocycles. The lowest BCUT2D eigenvalue weighted by molar-refractivity contribution is -0.128. The number of carbonyl (C=O) groups is 1. The highest BCUT2D eigenvalue weighted by molar-refractivity contribution is 5.83. The van der Waals surface area contributed by atoms with Crippen LogP contribution in [-0.2, 0) is 23.1 Å². The fourth-order valence-electron chi connectivity index (χ4n) is 3.41. The van der Waals surface area contributed by atoms with Crippen LogP contribution in [0.25, 0.3) is 0 Å². The number of carbonyl (C=O) groups excluding carboxylic acids is 1. The molecule has 3 rings (SSSR count). The fraction of sp³-hybridized carbons (Fsp3) is 0.733. The number of aryl methyl sites for hydroxylation is 1. The highest BCUT2D eigenvalue weighted by Gasteiger charge is 2.44. The molecule has 2 bridgehead atoms. The van der Waals surface area contributed by atoms with E-state index in [1.165, 1.54) is 5.56 Å². The number of ketones is 1. The molecule has 0 amide bonds. The average Bonchev–Trinajstić information content (AvgIpc) is 2.92. The van der Waals surface area contributed by atoms with Crippen LogP contribution in [0.15, 0.2) is 12.4 Å². The molecule has 2 fully saturated rings. The van der Waals surface area contributed by atoms with E-state index in [4.69, 9.17) is 4.74 Å². The summed E-state index contributed by atoms with van der Waals surface area (Å²) < 4.78 is 7.80. The zero-order chi connectivity index (χ0) is 14.3. The Labute approximate surface area is 119 Å². The van der Waals surface area contributed by atoms with Crippen LogP contribution in [-0.4, -0.2) is 45.8 Å². The molecule has 0 N–H and O–H groups in total. The number of nitrogens with zero attached hydrogens (tertiary/aromatic N) is 3. The summed E-state index contributed by atoms with van der Waals surface area (Å²) >= 11 is 0. The van der Waals surface area contributed by atoms with Gasteiger partial charge in [-0.25, -0.2) is 0 Å². The molecule has 2 saturated heterocycles. The molecule has 1 aromatic rings. The van der Waals surface area contributed by atoms with Gasteiger partial charge in [-0.15, -0.1) is 0 Å². The van der Waals surface area contributed by atoms with Crippen molar-refractivity contribution >= 4 is 5.78 Å². The zero-order valence-electron chi connectivity index (χ0n) is 12.5. The minimum atomic E-state index is 0.0836. The van der Waals surface area contributed by atoms with Crippen molar-refractivity contribution in [3.05, 3.63) is 18.0 Å². The predicted octanol–water partition coefficient (Wildman–Crippen LogP) is 1.23. The molecule has 110 valence electrons. The van der Waals surface area contributed by atoms with Crippen LogP contribution in [0.4, 0.5) is 0 Å². The Bertz CT molecular complexity index is 497. The monoisotopic (exact) mass is 277 g/mol. The van der Waals surface area contributed by atoms with Crippen molar-refractivity contribution in [2.45, 2.75) is 39.0 Å². The van der Waals surface area contributed by atoms with Gasteiger partial charge in [-0.1, -0.05) is 13.8 Å². The highest BCUT2D eigenvalue weighted by Crippen LogP contribution is 2.34. The molecule has 5 heteroatoms. The third kappa shape index (κ3) is 2.65. The Kier molecular flexibility index (Phi) is 3.65. The number of hydrogen-bond acceptors (Lipinski definition) is 4. The summed E-state index contributed by atoms with van der Waals surface area (Å²) in [6, 6.07) is 0. The van der Waals surface area contributed by atoms with E-state index in [1.807, 2.05) is 38.0 Å².